The van der Waals surface area contributed by atoms with Gasteiger partial charge in [-0.25, -0.2) is 4.79 Å². The fourth-order valence-electron chi connectivity index (χ4n) is 3.67. The van der Waals surface area contributed by atoms with E-state index in [9.17, 15) is 9.59 Å². The summed E-state index contributed by atoms with van der Waals surface area (Å²) < 4.78 is 22.0. The van der Waals surface area contributed by atoms with Crippen LogP contribution in [0.15, 0.2) is 66.7 Å². The van der Waals surface area contributed by atoms with Gasteiger partial charge in [0.25, 0.3) is 6.47 Å². The second-order valence-electron chi connectivity index (χ2n) is 7.76. The molecule has 0 spiro atoms. The van der Waals surface area contributed by atoms with Gasteiger partial charge in [0, 0.05) is 17.0 Å². The van der Waals surface area contributed by atoms with Crippen LogP contribution in [0.4, 0.5) is 0 Å². The number of carbonyl (C=O) groups is 2. The van der Waals surface area contributed by atoms with Crippen molar-refractivity contribution in [3.8, 4) is 17.2 Å². The summed E-state index contributed by atoms with van der Waals surface area (Å²) in [5.41, 5.74) is 2.02. The third-order valence-electron chi connectivity index (χ3n) is 5.37. The van der Waals surface area contributed by atoms with Crippen LogP contribution >= 0.6 is 0 Å². The van der Waals surface area contributed by atoms with Crippen LogP contribution in [-0.2, 0) is 14.3 Å². The first-order chi connectivity index (χ1) is 16.7. The molecule has 0 saturated carbocycles. The molecule has 0 atom stereocenters. The fraction of sp³-hybridized carbons (Fsp3) is 0.214. The Bertz CT molecular complexity index is 1260. The number of rotatable bonds is 11. The summed E-state index contributed by atoms with van der Waals surface area (Å²) in [5.74, 6) is 0.996. The van der Waals surface area contributed by atoms with E-state index < -0.39 is 5.97 Å². The predicted octanol–water partition coefficient (Wildman–Crippen LogP) is 3.36. The molecular formula is C28H26O6. The summed E-state index contributed by atoms with van der Waals surface area (Å²) in [6.45, 7) is 4.22. The second kappa shape index (κ2) is 11.3. The molecule has 0 fully saturated rings. The molecule has 4 rings (SSSR count). The third kappa shape index (κ3) is 5.53. The van der Waals surface area contributed by atoms with Crippen molar-refractivity contribution in [2.75, 3.05) is 19.8 Å². The van der Waals surface area contributed by atoms with E-state index in [0.717, 1.165) is 25.0 Å². The first-order valence-electron chi connectivity index (χ1n) is 11.3. The molecule has 1 aliphatic heterocycles. The van der Waals surface area contributed by atoms with Crippen molar-refractivity contribution in [1.29, 1.82) is 0 Å². The Labute approximate surface area is 198 Å². The Morgan fingerprint density at radius 1 is 0.941 bits per heavy atom. The predicted molar refractivity (Wildman–Crippen MR) is 128 cm³/mol. The molecular weight excluding hydrogens is 432 g/mol. The van der Waals surface area contributed by atoms with Crippen LogP contribution in [0.25, 0.3) is 11.6 Å². The first-order valence-corrected chi connectivity index (χ1v) is 11.3. The zero-order chi connectivity index (χ0) is 23.8. The Kier molecular flexibility index (Phi) is 7.73. The van der Waals surface area contributed by atoms with Gasteiger partial charge in [-0.05, 0) is 47.9 Å². The zero-order valence-corrected chi connectivity index (χ0v) is 19.0. The average Bonchev–Trinajstić information content (AvgIpc) is 3.17. The topological polar surface area (TPSA) is 71.1 Å². The van der Waals surface area contributed by atoms with Crippen LogP contribution < -0.4 is 24.6 Å². The third-order valence-corrected chi connectivity index (χ3v) is 5.37. The van der Waals surface area contributed by atoms with Gasteiger partial charge in [0.15, 0.2) is 0 Å². The summed E-state index contributed by atoms with van der Waals surface area (Å²) in [6, 6.07) is 20.2. The minimum atomic E-state index is -0.457. The van der Waals surface area contributed by atoms with Gasteiger partial charge in [0.2, 0.25) is 0 Å². The number of hydrogen-bond acceptors (Lipinski definition) is 6. The van der Waals surface area contributed by atoms with Crippen LogP contribution in [0.3, 0.4) is 0 Å². The summed E-state index contributed by atoms with van der Waals surface area (Å²) in [7, 11) is 0. The molecule has 0 N–H and O–H groups in total. The number of esters is 1. The van der Waals surface area contributed by atoms with E-state index in [-0.39, 0.29) is 0 Å². The Morgan fingerprint density at radius 3 is 2.47 bits per heavy atom. The lowest BCUT2D eigenvalue weighted by atomic mass is 10.0. The van der Waals surface area contributed by atoms with Gasteiger partial charge in [0.05, 0.1) is 12.2 Å². The van der Waals surface area contributed by atoms with Crippen molar-refractivity contribution in [2.45, 2.75) is 19.8 Å². The Balaban J connectivity index is 1.61. The number of carbonyl (C=O) groups excluding carboxylic acids is 2. The molecule has 174 valence electrons. The molecule has 3 aromatic carbocycles. The normalized spacial score (nSPS) is 12.9. The maximum absolute atomic E-state index is 12.7. The lowest BCUT2D eigenvalue weighted by Gasteiger charge is -2.08. The molecule has 34 heavy (non-hydrogen) atoms. The van der Waals surface area contributed by atoms with Crippen LogP contribution in [0.2, 0.25) is 0 Å². The van der Waals surface area contributed by atoms with Gasteiger partial charge in [0.1, 0.15) is 23.9 Å². The van der Waals surface area contributed by atoms with Crippen LogP contribution in [0.5, 0.6) is 17.2 Å². The number of hydrogen-bond donors (Lipinski definition) is 0. The van der Waals surface area contributed by atoms with Crippen LogP contribution in [0, 0.1) is 0 Å². The quantitative estimate of drug-likeness (QED) is 0.190. The molecule has 6 heteroatoms. The SMILES string of the molecule is CCCCOCCOc1ccc(C2=c3cc(OC=O)/c(=C/c4ccccc4)cc3OC2=O)cc1. The van der Waals surface area contributed by atoms with E-state index in [2.05, 4.69) is 6.92 Å². The van der Waals surface area contributed by atoms with Gasteiger partial charge in [-0.1, -0.05) is 55.8 Å². The monoisotopic (exact) mass is 458 g/mol. The van der Waals surface area contributed by atoms with Crippen molar-refractivity contribution in [2.24, 2.45) is 0 Å². The lowest BCUT2D eigenvalue weighted by Crippen LogP contribution is -2.14. The Morgan fingerprint density at radius 2 is 1.74 bits per heavy atom. The molecule has 0 bridgehead atoms. The van der Waals surface area contributed by atoms with Crippen LogP contribution in [0.1, 0.15) is 30.9 Å². The highest BCUT2D eigenvalue weighted by Gasteiger charge is 2.25. The molecule has 0 aliphatic carbocycles. The summed E-state index contributed by atoms with van der Waals surface area (Å²) >= 11 is 0. The molecule has 1 aliphatic rings. The van der Waals surface area contributed by atoms with Crippen molar-refractivity contribution >= 4 is 24.1 Å². The van der Waals surface area contributed by atoms with Crippen molar-refractivity contribution in [3.05, 3.63) is 88.3 Å². The minimum absolute atomic E-state index is 0.344. The number of benzene rings is 3. The zero-order valence-electron chi connectivity index (χ0n) is 19.0. The molecule has 0 saturated heterocycles. The summed E-state index contributed by atoms with van der Waals surface area (Å²) in [4.78, 5) is 23.9. The van der Waals surface area contributed by atoms with Crippen molar-refractivity contribution in [1.82, 2.24) is 0 Å². The molecule has 0 amide bonds. The van der Waals surface area contributed by atoms with Crippen molar-refractivity contribution in [3.63, 3.8) is 0 Å². The van der Waals surface area contributed by atoms with E-state index in [4.69, 9.17) is 18.9 Å². The van der Waals surface area contributed by atoms with E-state index >= 15 is 0 Å². The molecule has 1 heterocycles. The van der Waals surface area contributed by atoms with Gasteiger partial charge in [-0.2, -0.15) is 0 Å². The van der Waals surface area contributed by atoms with Crippen LogP contribution in [-0.4, -0.2) is 32.3 Å². The highest BCUT2D eigenvalue weighted by atomic mass is 16.5. The standard InChI is InChI=1S/C28H26O6/c1-2-3-13-31-14-15-32-23-11-9-21(10-12-23)27-24-18-25(33-19-29)22(17-26(24)34-28(27)30)16-20-7-5-4-6-8-20/h4-12,16-19H,2-3,13-15H2,1H3/b22-16+. The van der Waals surface area contributed by atoms with E-state index in [0.29, 0.717) is 58.5 Å². The van der Waals surface area contributed by atoms with E-state index in [1.54, 1.807) is 24.3 Å². The molecule has 0 aromatic heterocycles. The molecule has 6 nitrogen and oxygen atoms in total. The number of fused-ring (bicyclic) bond motifs is 1. The maximum atomic E-state index is 12.7. The highest BCUT2D eigenvalue weighted by Crippen LogP contribution is 2.24. The number of ether oxygens (including phenoxy) is 4. The van der Waals surface area contributed by atoms with Gasteiger partial charge in [-0.15, -0.1) is 0 Å². The molecule has 3 aromatic rings. The first kappa shape index (κ1) is 23.3. The average molecular weight is 459 g/mol. The second-order valence-corrected chi connectivity index (χ2v) is 7.76. The lowest BCUT2D eigenvalue weighted by molar-refractivity contribution is -0.127. The minimum Gasteiger partial charge on any atom is -0.491 e. The van der Waals surface area contributed by atoms with Crippen molar-refractivity contribution < 1.29 is 28.5 Å². The fourth-order valence-corrected chi connectivity index (χ4v) is 3.67. The smallest absolute Gasteiger partial charge is 0.344 e. The summed E-state index contributed by atoms with van der Waals surface area (Å²) in [5, 5.41) is 1.21. The largest absolute Gasteiger partial charge is 0.491 e. The Hall–Kier alpha value is -3.90. The molecule has 0 unspecified atom stereocenters. The maximum Gasteiger partial charge on any atom is 0.344 e. The summed E-state index contributed by atoms with van der Waals surface area (Å²) in [6.07, 6.45) is 4.00. The number of unbranched alkanes of at least 4 members (excludes halogenated alkanes) is 1. The van der Waals surface area contributed by atoms with E-state index in [1.165, 1.54) is 0 Å². The molecule has 0 radical (unpaired) electrons. The van der Waals surface area contributed by atoms with Gasteiger partial charge >= 0.3 is 5.97 Å². The van der Waals surface area contributed by atoms with Gasteiger partial charge < -0.3 is 18.9 Å². The highest BCUT2D eigenvalue weighted by molar-refractivity contribution is 6.19. The van der Waals surface area contributed by atoms with E-state index in [1.807, 2.05) is 48.5 Å². The van der Waals surface area contributed by atoms with Gasteiger partial charge in [-0.3, -0.25) is 4.79 Å².